The number of rotatable bonds is 3. The number of nitrogens with one attached hydrogen (secondary N) is 1. The summed E-state index contributed by atoms with van der Waals surface area (Å²) in [5, 5.41) is 4.55. The van der Waals surface area contributed by atoms with Gasteiger partial charge in [0.05, 0.1) is 0 Å². The Balaban J connectivity index is 1.92. The van der Waals surface area contributed by atoms with E-state index in [-0.39, 0.29) is 0 Å². The van der Waals surface area contributed by atoms with E-state index in [0.717, 1.165) is 17.5 Å². The Kier molecular flexibility index (Phi) is 4.47. The van der Waals surface area contributed by atoms with Gasteiger partial charge in [-0.15, -0.1) is 0 Å². The molecule has 1 aliphatic rings. The van der Waals surface area contributed by atoms with Gasteiger partial charge in [0.15, 0.2) is 0 Å². The van der Waals surface area contributed by atoms with Gasteiger partial charge < -0.3 is 5.32 Å². The largest absolute Gasteiger partial charge is 0.310 e. The second-order valence-electron chi connectivity index (χ2n) is 5.34. The van der Waals surface area contributed by atoms with Crippen LogP contribution in [0, 0.1) is 12.8 Å². The monoisotopic (exact) mass is 251 g/mol. The van der Waals surface area contributed by atoms with Crippen molar-refractivity contribution in [3.05, 3.63) is 34.3 Å². The molecule has 2 rings (SSSR count). The number of hydrogen-bond acceptors (Lipinski definition) is 1. The second-order valence-corrected chi connectivity index (χ2v) is 5.75. The van der Waals surface area contributed by atoms with Crippen molar-refractivity contribution in [2.45, 2.75) is 52.1 Å². The van der Waals surface area contributed by atoms with Crippen LogP contribution in [0.15, 0.2) is 18.2 Å². The van der Waals surface area contributed by atoms with Crippen LogP contribution in [-0.2, 0) is 6.54 Å². The molecule has 0 aromatic heterocycles. The molecule has 0 aliphatic heterocycles. The Bertz CT molecular complexity index is 375. The average molecular weight is 252 g/mol. The minimum Gasteiger partial charge on any atom is -0.310 e. The zero-order chi connectivity index (χ0) is 12.3. The fraction of sp³-hybridized carbons (Fsp3) is 0.600. The Hall–Kier alpha value is -0.530. The molecule has 94 valence electrons. The summed E-state index contributed by atoms with van der Waals surface area (Å²) in [6, 6.07) is 6.98. The average Bonchev–Trinajstić information content (AvgIpc) is 2.30. The Labute approximate surface area is 110 Å². The van der Waals surface area contributed by atoms with Gasteiger partial charge in [-0.1, -0.05) is 43.5 Å². The molecule has 0 saturated heterocycles. The van der Waals surface area contributed by atoms with Gasteiger partial charge in [0.2, 0.25) is 0 Å². The molecular weight excluding hydrogens is 230 g/mol. The number of aryl methyl sites for hydroxylation is 1. The lowest BCUT2D eigenvalue weighted by atomic mass is 9.86. The first-order chi connectivity index (χ1) is 8.16. The molecular formula is C15H22ClN. The molecule has 1 saturated carbocycles. The van der Waals surface area contributed by atoms with E-state index in [4.69, 9.17) is 11.6 Å². The van der Waals surface area contributed by atoms with E-state index in [1.54, 1.807) is 0 Å². The van der Waals surface area contributed by atoms with Gasteiger partial charge in [-0.3, -0.25) is 0 Å². The van der Waals surface area contributed by atoms with Crippen LogP contribution in [0.5, 0.6) is 0 Å². The molecule has 1 aliphatic carbocycles. The molecule has 0 heterocycles. The third-order valence-electron chi connectivity index (χ3n) is 3.87. The zero-order valence-electron chi connectivity index (χ0n) is 10.8. The van der Waals surface area contributed by atoms with Crippen LogP contribution < -0.4 is 5.32 Å². The number of hydrogen-bond donors (Lipinski definition) is 1. The molecule has 17 heavy (non-hydrogen) atoms. The van der Waals surface area contributed by atoms with Crippen molar-refractivity contribution in [2.24, 2.45) is 5.92 Å². The van der Waals surface area contributed by atoms with Crippen LogP contribution in [0.3, 0.4) is 0 Å². The summed E-state index contributed by atoms with van der Waals surface area (Å²) in [5.74, 6) is 0.799. The standard InChI is InChI=1S/C15H22ClN/c1-11-7-8-13(14(16)9-11)10-17-15-6-4-3-5-12(15)2/h7-9,12,15,17H,3-6,10H2,1-2H3. The van der Waals surface area contributed by atoms with E-state index >= 15 is 0 Å². The smallest absolute Gasteiger partial charge is 0.0453 e. The fourth-order valence-electron chi connectivity index (χ4n) is 2.66. The van der Waals surface area contributed by atoms with E-state index in [1.807, 2.05) is 6.07 Å². The van der Waals surface area contributed by atoms with Gasteiger partial charge >= 0.3 is 0 Å². The van der Waals surface area contributed by atoms with E-state index in [2.05, 4.69) is 31.3 Å². The number of halogens is 1. The second kappa shape index (κ2) is 5.88. The maximum absolute atomic E-state index is 6.24. The van der Waals surface area contributed by atoms with Gasteiger partial charge in [-0.05, 0) is 42.9 Å². The predicted octanol–water partition coefficient (Wildman–Crippen LogP) is 4.32. The topological polar surface area (TPSA) is 12.0 Å². The van der Waals surface area contributed by atoms with Crippen molar-refractivity contribution in [1.82, 2.24) is 5.32 Å². The first-order valence-corrected chi connectivity index (χ1v) is 7.03. The quantitative estimate of drug-likeness (QED) is 0.844. The summed E-state index contributed by atoms with van der Waals surface area (Å²) in [5.41, 5.74) is 2.44. The third kappa shape index (κ3) is 3.46. The molecule has 2 heteroatoms. The molecule has 1 N–H and O–H groups in total. The highest BCUT2D eigenvalue weighted by Crippen LogP contribution is 2.25. The summed E-state index contributed by atoms with van der Waals surface area (Å²) < 4.78 is 0. The van der Waals surface area contributed by atoms with Crippen LogP contribution in [0.4, 0.5) is 0 Å². The van der Waals surface area contributed by atoms with Crippen molar-refractivity contribution >= 4 is 11.6 Å². The molecule has 2 atom stereocenters. The minimum absolute atomic E-state index is 0.668. The maximum atomic E-state index is 6.24. The highest BCUT2D eigenvalue weighted by Gasteiger charge is 2.20. The van der Waals surface area contributed by atoms with Crippen molar-refractivity contribution in [3.63, 3.8) is 0 Å². The van der Waals surface area contributed by atoms with Crippen LogP contribution in [-0.4, -0.2) is 6.04 Å². The van der Waals surface area contributed by atoms with Gasteiger partial charge in [0.1, 0.15) is 0 Å². The molecule has 2 unspecified atom stereocenters. The first kappa shape index (κ1) is 12.9. The van der Waals surface area contributed by atoms with Gasteiger partial charge in [-0.25, -0.2) is 0 Å². The summed E-state index contributed by atoms with van der Waals surface area (Å²) in [6.07, 6.45) is 5.43. The molecule has 0 spiro atoms. The van der Waals surface area contributed by atoms with E-state index in [0.29, 0.717) is 6.04 Å². The van der Waals surface area contributed by atoms with Crippen LogP contribution >= 0.6 is 11.6 Å². The van der Waals surface area contributed by atoms with Crippen LogP contribution in [0.25, 0.3) is 0 Å². The van der Waals surface area contributed by atoms with Crippen LogP contribution in [0.1, 0.15) is 43.7 Å². The SMILES string of the molecule is Cc1ccc(CNC2CCCCC2C)c(Cl)c1. The van der Waals surface area contributed by atoms with Crippen molar-refractivity contribution in [1.29, 1.82) is 0 Å². The molecule has 1 fully saturated rings. The summed E-state index contributed by atoms with van der Waals surface area (Å²) >= 11 is 6.24. The zero-order valence-corrected chi connectivity index (χ0v) is 11.6. The Morgan fingerprint density at radius 3 is 2.76 bits per heavy atom. The summed E-state index contributed by atoms with van der Waals surface area (Å²) in [4.78, 5) is 0. The van der Waals surface area contributed by atoms with Crippen LogP contribution in [0.2, 0.25) is 5.02 Å². The maximum Gasteiger partial charge on any atom is 0.0453 e. The van der Waals surface area contributed by atoms with E-state index in [9.17, 15) is 0 Å². The molecule has 0 amide bonds. The van der Waals surface area contributed by atoms with Gasteiger partial charge in [-0.2, -0.15) is 0 Å². The summed E-state index contributed by atoms with van der Waals surface area (Å²) in [7, 11) is 0. The predicted molar refractivity (Wildman–Crippen MR) is 74.4 cm³/mol. The van der Waals surface area contributed by atoms with E-state index < -0.39 is 0 Å². The molecule has 1 nitrogen and oxygen atoms in total. The van der Waals surface area contributed by atoms with E-state index in [1.165, 1.54) is 36.8 Å². The molecule has 1 aromatic rings. The highest BCUT2D eigenvalue weighted by molar-refractivity contribution is 6.31. The normalized spacial score (nSPS) is 24.9. The van der Waals surface area contributed by atoms with Crippen molar-refractivity contribution < 1.29 is 0 Å². The third-order valence-corrected chi connectivity index (χ3v) is 4.23. The summed E-state index contributed by atoms with van der Waals surface area (Å²) in [6.45, 7) is 5.33. The highest BCUT2D eigenvalue weighted by atomic mass is 35.5. The van der Waals surface area contributed by atoms with Gasteiger partial charge in [0, 0.05) is 17.6 Å². The molecule has 0 bridgehead atoms. The fourth-order valence-corrected chi connectivity index (χ4v) is 2.96. The first-order valence-electron chi connectivity index (χ1n) is 6.65. The minimum atomic E-state index is 0.668. The van der Waals surface area contributed by atoms with Crippen molar-refractivity contribution in [3.8, 4) is 0 Å². The molecule has 1 aromatic carbocycles. The lowest BCUT2D eigenvalue weighted by Gasteiger charge is -2.29. The number of benzene rings is 1. The van der Waals surface area contributed by atoms with Gasteiger partial charge in [0.25, 0.3) is 0 Å². The molecule has 0 radical (unpaired) electrons. The lowest BCUT2D eigenvalue weighted by Crippen LogP contribution is -2.36. The Morgan fingerprint density at radius 2 is 2.06 bits per heavy atom. The Morgan fingerprint density at radius 1 is 1.29 bits per heavy atom. The lowest BCUT2D eigenvalue weighted by molar-refractivity contribution is 0.279. The van der Waals surface area contributed by atoms with Crippen molar-refractivity contribution in [2.75, 3.05) is 0 Å².